The van der Waals surface area contributed by atoms with E-state index < -0.39 is 5.97 Å². The second-order valence-corrected chi connectivity index (χ2v) is 8.50. The van der Waals surface area contributed by atoms with Gasteiger partial charge in [-0.25, -0.2) is 4.79 Å². The van der Waals surface area contributed by atoms with E-state index in [1.807, 2.05) is 49.6 Å². The third-order valence-electron chi connectivity index (χ3n) is 5.32. The number of carboxylic acids is 1. The molecular weight excluding hydrogens is 422 g/mol. The fourth-order valence-corrected chi connectivity index (χ4v) is 4.98. The molecule has 5 nitrogen and oxygen atoms in total. The van der Waals surface area contributed by atoms with Crippen molar-refractivity contribution >= 4 is 44.4 Å². The van der Waals surface area contributed by atoms with Crippen molar-refractivity contribution in [2.75, 3.05) is 0 Å². The summed E-state index contributed by atoms with van der Waals surface area (Å²) in [6.45, 7) is 0. The van der Waals surface area contributed by atoms with Crippen molar-refractivity contribution in [3.05, 3.63) is 84.6 Å². The predicted octanol–water partition coefficient (Wildman–Crippen LogP) is 6.66. The Kier molecular flexibility index (Phi) is 4.92. The quantitative estimate of drug-likeness (QED) is 0.299. The minimum atomic E-state index is -0.988. The summed E-state index contributed by atoms with van der Waals surface area (Å²) < 4.78 is 9.39. The van der Waals surface area contributed by atoms with Crippen molar-refractivity contribution in [2.24, 2.45) is 7.05 Å². The van der Waals surface area contributed by atoms with Gasteiger partial charge in [0.05, 0.1) is 4.88 Å². The monoisotopic (exact) mass is 441 g/mol. The zero-order valence-electron chi connectivity index (χ0n) is 17.1. The summed E-state index contributed by atoms with van der Waals surface area (Å²) in [5, 5.41) is 20.9. The van der Waals surface area contributed by atoms with Gasteiger partial charge in [-0.15, -0.1) is 11.3 Å². The minimum Gasteiger partial charge on any atom is -0.508 e. The highest BCUT2D eigenvalue weighted by Gasteiger charge is 2.19. The van der Waals surface area contributed by atoms with Crippen LogP contribution in [0.15, 0.2) is 79.0 Å². The molecule has 2 N–H and O–H groups in total. The average molecular weight is 442 g/mol. The van der Waals surface area contributed by atoms with Gasteiger partial charge in [0.15, 0.2) is 5.75 Å². The number of benzene rings is 3. The van der Waals surface area contributed by atoms with Crippen LogP contribution in [0.5, 0.6) is 17.2 Å². The predicted molar refractivity (Wildman–Crippen MR) is 129 cm³/mol. The van der Waals surface area contributed by atoms with Crippen LogP contribution in [0.3, 0.4) is 0 Å². The highest BCUT2D eigenvalue weighted by atomic mass is 32.1. The Balaban J connectivity index is 1.63. The number of hydrogen-bond donors (Lipinski definition) is 2. The number of aromatic hydroxyl groups is 1. The number of phenols is 1. The summed E-state index contributed by atoms with van der Waals surface area (Å²) >= 11 is 1.58. The lowest BCUT2D eigenvalue weighted by atomic mass is 10.1. The van der Waals surface area contributed by atoms with Gasteiger partial charge in [0.1, 0.15) is 11.5 Å². The lowest BCUT2D eigenvalue weighted by Crippen LogP contribution is -1.88. The van der Waals surface area contributed by atoms with E-state index in [-0.39, 0.29) is 5.75 Å². The van der Waals surface area contributed by atoms with Crippen LogP contribution in [0.25, 0.3) is 37.5 Å². The van der Waals surface area contributed by atoms with Crippen LogP contribution in [-0.4, -0.2) is 20.7 Å². The normalized spacial score (nSPS) is 11.5. The largest absolute Gasteiger partial charge is 0.508 e. The molecule has 0 saturated heterocycles. The van der Waals surface area contributed by atoms with Crippen molar-refractivity contribution in [2.45, 2.75) is 0 Å². The zero-order chi connectivity index (χ0) is 22.2. The molecular formula is C26H19NO4S. The van der Waals surface area contributed by atoms with Gasteiger partial charge in [-0.1, -0.05) is 24.3 Å². The third kappa shape index (κ3) is 3.61. The molecule has 5 rings (SSSR count). The molecule has 0 unspecified atom stereocenters. The van der Waals surface area contributed by atoms with Gasteiger partial charge >= 0.3 is 5.97 Å². The number of fused-ring (bicyclic) bond motifs is 2. The van der Waals surface area contributed by atoms with E-state index >= 15 is 0 Å². The number of carboxylic acid groups (broad SMARTS) is 1. The smallest absolute Gasteiger partial charge is 0.328 e. The minimum absolute atomic E-state index is 0.212. The van der Waals surface area contributed by atoms with Gasteiger partial charge in [-0.2, -0.15) is 0 Å². The molecule has 5 aromatic rings. The molecule has 3 aromatic carbocycles. The molecule has 0 atom stereocenters. The molecule has 0 bridgehead atoms. The van der Waals surface area contributed by atoms with Crippen molar-refractivity contribution in [3.63, 3.8) is 0 Å². The molecule has 158 valence electrons. The van der Waals surface area contributed by atoms with E-state index in [1.165, 1.54) is 6.08 Å². The number of nitrogens with zero attached hydrogens (tertiary/aromatic N) is 1. The second kappa shape index (κ2) is 7.90. The molecule has 0 saturated carbocycles. The summed E-state index contributed by atoms with van der Waals surface area (Å²) in [4.78, 5) is 11.7. The molecule has 0 aliphatic heterocycles. The Morgan fingerprint density at radius 1 is 1.03 bits per heavy atom. The molecule has 0 aliphatic carbocycles. The summed E-state index contributed by atoms with van der Waals surface area (Å²) in [6.07, 6.45) is 4.68. The maximum atomic E-state index is 10.7. The number of rotatable bonds is 5. The van der Waals surface area contributed by atoms with Crippen LogP contribution in [-0.2, 0) is 11.8 Å². The van der Waals surface area contributed by atoms with Crippen LogP contribution < -0.4 is 4.74 Å². The number of aromatic nitrogens is 1. The average Bonchev–Trinajstić information content (AvgIpc) is 3.33. The first-order valence-electron chi connectivity index (χ1n) is 9.98. The van der Waals surface area contributed by atoms with Gasteiger partial charge < -0.3 is 19.5 Å². The van der Waals surface area contributed by atoms with Crippen molar-refractivity contribution in [1.29, 1.82) is 0 Å². The molecule has 2 heterocycles. The Morgan fingerprint density at radius 3 is 2.62 bits per heavy atom. The van der Waals surface area contributed by atoms with Gasteiger partial charge in [0.2, 0.25) is 0 Å². The number of hydrogen-bond acceptors (Lipinski definition) is 4. The van der Waals surface area contributed by atoms with Crippen LogP contribution in [0.2, 0.25) is 0 Å². The maximum Gasteiger partial charge on any atom is 0.328 e. The number of thiophene rings is 1. The van der Waals surface area contributed by atoms with E-state index in [1.54, 1.807) is 23.5 Å². The Morgan fingerprint density at radius 2 is 1.84 bits per heavy atom. The van der Waals surface area contributed by atoms with Crippen molar-refractivity contribution in [1.82, 2.24) is 4.57 Å². The first kappa shape index (κ1) is 19.9. The standard InChI is InChI=1S/C26H19NO4S/c1-27-14-13-19-20(3-2-4-22(19)27)26-25(21-11-8-17(28)15-23(21)32-26)31-18-9-5-16(6-10-18)7-12-24(29)30/h2-15,28H,1H3,(H,29,30). The summed E-state index contributed by atoms with van der Waals surface area (Å²) in [6, 6.07) is 20.8. The van der Waals surface area contributed by atoms with Crippen LogP contribution in [0.4, 0.5) is 0 Å². The summed E-state index contributed by atoms with van der Waals surface area (Å²) in [5.41, 5.74) is 2.97. The molecule has 0 amide bonds. The van der Waals surface area contributed by atoms with Gasteiger partial charge in [-0.05, 0) is 54.1 Å². The van der Waals surface area contributed by atoms with E-state index in [0.29, 0.717) is 5.75 Å². The van der Waals surface area contributed by atoms with E-state index in [4.69, 9.17) is 9.84 Å². The molecule has 32 heavy (non-hydrogen) atoms. The maximum absolute atomic E-state index is 10.7. The fourth-order valence-electron chi connectivity index (χ4n) is 3.77. The number of carbonyl (C=O) groups is 1. The Hall–Kier alpha value is -4.03. The SMILES string of the molecule is Cn1ccc2c(-c3sc4cc(O)ccc4c3Oc3ccc(C=CC(=O)O)cc3)cccc21. The molecule has 0 radical (unpaired) electrons. The lowest BCUT2D eigenvalue weighted by Gasteiger charge is -2.10. The molecule has 2 aromatic heterocycles. The first-order valence-corrected chi connectivity index (χ1v) is 10.8. The summed E-state index contributed by atoms with van der Waals surface area (Å²) in [7, 11) is 2.02. The first-order chi connectivity index (χ1) is 15.5. The topological polar surface area (TPSA) is 71.7 Å². The number of ether oxygens (including phenoxy) is 1. The zero-order valence-corrected chi connectivity index (χ0v) is 18.0. The van der Waals surface area contributed by atoms with E-state index in [9.17, 15) is 9.90 Å². The van der Waals surface area contributed by atoms with E-state index in [2.05, 4.69) is 22.8 Å². The van der Waals surface area contributed by atoms with Crippen LogP contribution in [0, 0.1) is 0 Å². The fraction of sp³-hybridized carbons (Fsp3) is 0.0385. The highest BCUT2D eigenvalue weighted by molar-refractivity contribution is 7.22. The lowest BCUT2D eigenvalue weighted by molar-refractivity contribution is -0.131. The van der Waals surface area contributed by atoms with Crippen molar-refractivity contribution < 1.29 is 19.7 Å². The third-order valence-corrected chi connectivity index (χ3v) is 6.49. The number of aliphatic carboxylic acids is 1. The number of aryl methyl sites for hydroxylation is 1. The van der Waals surface area contributed by atoms with Gasteiger partial charge in [0.25, 0.3) is 0 Å². The highest BCUT2D eigenvalue weighted by Crippen LogP contribution is 2.48. The molecule has 0 spiro atoms. The van der Waals surface area contributed by atoms with Crippen LogP contribution >= 0.6 is 11.3 Å². The van der Waals surface area contributed by atoms with E-state index in [0.717, 1.165) is 48.8 Å². The molecule has 0 aliphatic rings. The number of phenolic OH excluding ortho intramolecular Hbond substituents is 1. The van der Waals surface area contributed by atoms with Gasteiger partial charge in [0, 0.05) is 45.9 Å². The molecule has 6 heteroatoms. The Labute approximate surface area is 188 Å². The summed E-state index contributed by atoms with van der Waals surface area (Å²) in [5.74, 6) is 0.601. The van der Waals surface area contributed by atoms with Crippen LogP contribution in [0.1, 0.15) is 5.56 Å². The second-order valence-electron chi connectivity index (χ2n) is 7.45. The van der Waals surface area contributed by atoms with Crippen molar-refractivity contribution in [3.8, 4) is 27.7 Å². The van der Waals surface area contributed by atoms with Gasteiger partial charge in [-0.3, -0.25) is 0 Å². The molecule has 0 fully saturated rings. The Bertz CT molecular complexity index is 1490.